The van der Waals surface area contributed by atoms with E-state index in [0.29, 0.717) is 30.3 Å². The van der Waals surface area contributed by atoms with Crippen molar-refractivity contribution in [2.45, 2.75) is 50.2 Å². The van der Waals surface area contributed by atoms with E-state index in [4.69, 9.17) is 14.2 Å². The van der Waals surface area contributed by atoms with Crippen molar-refractivity contribution in [2.75, 3.05) is 25.5 Å². The largest absolute Gasteiger partial charge is 0.495 e. The number of nitrogens with one attached hydrogen (secondary N) is 1. The zero-order chi connectivity index (χ0) is 22.9. The van der Waals surface area contributed by atoms with Crippen LogP contribution < -0.4 is 19.5 Å². The Morgan fingerprint density at radius 3 is 2.38 bits per heavy atom. The van der Waals surface area contributed by atoms with Crippen molar-refractivity contribution in [3.8, 4) is 17.2 Å². The lowest BCUT2D eigenvalue weighted by Crippen LogP contribution is -2.32. The van der Waals surface area contributed by atoms with E-state index in [1.165, 1.54) is 23.5 Å². The Kier molecular flexibility index (Phi) is 6.05. The number of carbonyl (C=O) groups is 1. The molecule has 2 aromatic rings. The minimum Gasteiger partial charge on any atom is -0.495 e. The van der Waals surface area contributed by atoms with Gasteiger partial charge in [0.25, 0.3) is 5.91 Å². The first-order valence-electron chi connectivity index (χ1n) is 10.7. The van der Waals surface area contributed by atoms with Gasteiger partial charge < -0.3 is 19.5 Å². The van der Waals surface area contributed by atoms with Gasteiger partial charge in [-0.1, -0.05) is 12.8 Å². The number of fused-ring (bicyclic) bond motifs is 1. The van der Waals surface area contributed by atoms with Crippen LogP contribution in [0.15, 0.2) is 41.3 Å². The van der Waals surface area contributed by atoms with Crippen LogP contribution in [0.5, 0.6) is 17.2 Å². The van der Waals surface area contributed by atoms with Gasteiger partial charge >= 0.3 is 0 Å². The van der Waals surface area contributed by atoms with Crippen molar-refractivity contribution >= 4 is 21.6 Å². The molecule has 2 aliphatic rings. The fraction of sp³-hybridized carbons (Fsp3) is 0.435. The number of hydrogen-bond donors (Lipinski definition) is 1. The normalized spacial score (nSPS) is 18.1. The Morgan fingerprint density at radius 2 is 1.69 bits per heavy atom. The molecule has 0 aromatic heterocycles. The zero-order valence-electron chi connectivity index (χ0n) is 18.5. The SMILES string of the molecule is COc1ccc(C(=O)Nc2ccc3c(c2)OC(C)(C)O3)cc1S(=O)(=O)N1CCCCCC1. The first-order chi connectivity index (χ1) is 15.2. The minimum absolute atomic E-state index is 0.00184. The molecule has 0 radical (unpaired) electrons. The molecule has 8 nitrogen and oxygen atoms in total. The predicted octanol–water partition coefficient (Wildman–Crippen LogP) is 4.02. The van der Waals surface area contributed by atoms with Crippen LogP contribution >= 0.6 is 0 Å². The lowest BCUT2D eigenvalue weighted by molar-refractivity contribution is -0.0431. The van der Waals surface area contributed by atoms with Crippen LogP contribution in [0, 0.1) is 0 Å². The summed E-state index contributed by atoms with van der Waals surface area (Å²) in [6.45, 7) is 4.54. The molecule has 172 valence electrons. The molecule has 1 saturated heterocycles. The third kappa shape index (κ3) is 4.54. The molecule has 0 saturated carbocycles. The lowest BCUT2D eigenvalue weighted by Gasteiger charge is -2.21. The van der Waals surface area contributed by atoms with Crippen LogP contribution in [0.2, 0.25) is 0 Å². The quantitative estimate of drug-likeness (QED) is 0.724. The second-order valence-corrected chi connectivity index (χ2v) is 10.3. The first-order valence-corrected chi connectivity index (χ1v) is 12.2. The molecular weight excluding hydrogens is 432 g/mol. The molecule has 4 rings (SSSR count). The number of hydrogen-bond acceptors (Lipinski definition) is 6. The molecule has 1 fully saturated rings. The summed E-state index contributed by atoms with van der Waals surface area (Å²) in [6, 6.07) is 9.56. The summed E-state index contributed by atoms with van der Waals surface area (Å²) < 4.78 is 44.8. The fourth-order valence-electron chi connectivity index (χ4n) is 3.94. The molecule has 0 spiro atoms. The lowest BCUT2D eigenvalue weighted by atomic mass is 10.2. The van der Waals surface area contributed by atoms with Gasteiger partial charge in [-0.05, 0) is 43.2 Å². The van der Waals surface area contributed by atoms with Gasteiger partial charge in [0.2, 0.25) is 15.8 Å². The monoisotopic (exact) mass is 460 g/mol. The molecule has 32 heavy (non-hydrogen) atoms. The van der Waals surface area contributed by atoms with Crippen molar-refractivity contribution in [2.24, 2.45) is 0 Å². The number of sulfonamides is 1. The molecular formula is C23H28N2O6S. The minimum atomic E-state index is -3.79. The summed E-state index contributed by atoms with van der Waals surface area (Å²) in [6.07, 6.45) is 3.67. The van der Waals surface area contributed by atoms with Crippen LogP contribution in [0.25, 0.3) is 0 Å². The van der Waals surface area contributed by atoms with E-state index in [0.717, 1.165) is 25.7 Å². The maximum absolute atomic E-state index is 13.3. The van der Waals surface area contributed by atoms with Gasteiger partial charge in [-0.15, -0.1) is 0 Å². The second-order valence-electron chi connectivity index (χ2n) is 8.40. The van der Waals surface area contributed by atoms with Crippen molar-refractivity contribution in [1.29, 1.82) is 0 Å². The zero-order valence-corrected chi connectivity index (χ0v) is 19.3. The Labute approximate surface area is 188 Å². The van der Waals surface area contributed by atoms with Gasteiger partial charge in [0, 0.05) is 44.3 Å². The molecule has 2 heterocycles. The first kappa shape index (κ1) is 22.4. The van der Waals surface area contributed by atoms with Crippen LogP contribution in [-0.4, -0.2) is 44.6 Å². The summed E-state index contributed by atoms with van der Waals surface area (Å²) >= 11 is 0. The Morgan fingerprint density at radius 1 is 1.00 bits per heavy atom. The third-order valence-electron chi connectivity index (χ3n) is 5.52. The molecule has 0 bridgehead atoms. The predicted molar refractivity (Wildman–Crippen MR) is 120 cm³/mol. The van der Waals surface area contributed by atoms with Gasteiger partial charge in [0.1, 0.15) is 10.6 Å². The molecule has 1 amide bonds. The van der Waals surface area contributed by atoms with Crippen LogP contribution in [0.3, 0.4) is 0 Å². The van der Waals surface area contributed by atoms with Crippen molar-refractivity contribution in [3.63, 3.8) is 0 Å². The van der Waals surface area contributed by atoms with Gasteiger partial charge in [0.15, 0.2) is 11.5 Å². The van der Waals surface area contributed by atoms with Gasteiger partial charge in [0.05, 0.1) is 7.11 Å². The molecule has 9 heteroatoms. The van der Waals surface area contributed by atoms with Gasteiger partial charge in [-0.2, -0.15) is 4.31 Å². The second kappa shape index (κ2) is 8.63. The molecule has 0 atom stereocenters. The number of anilines is 1. The van der Waals surface area contributed by atoms with E-state index < -0.39 is 21.7 Å². The number of carbonyl (C=O) groups excluding carboxylic acids is 1. The summed E-state index contributed by atoms with van der Waals surface area (Å²) in [5.41, 5.74) is 0.736. The maximum atomic E-state index is 13.3. The number of amides is 1. The molecule has 0 aliphatic carbocycles. The molecule has 2 aromatic carbocycles. The van der Waals surface area contributed by atoms with E-state index >= 15 is 0 Å². The Bertz CT molecular complexity index is 1120. The Balaban J connectivity index is 1.59. The highest BCUT2D eigenvalue weighted by atomic mass is 32.2. The summed E-state index contributed by atoms with van der Waals surface area (Å²) in [5, 5.41) is 2.80. The number of ether oxygens (including phenoxy) is 3. The highest BCUT2D eigenvalue weighted by molar-refractivity contribution is 7.89. The number of nitrogens with zero attached hydrogens (tertiary/aromatic N) is 1. The van der Waals surface area contributed by atoms with Gasteiger partial charge in [-0.3, -0.25) is 4.79 Å². The van der Waals surface area contributed by atoms with E-state index in [-0.39, 0.29) is 16.2 Å². The van der Waals surface area contributed by atoms with E-state index in [2.05, 4.69) is 5.32 Å². The average Bonchev–Trinajstić information content (AvgIpc) is 2.92. The maximum Gasteiger partial charge on any atom is 0.255 e. The fourth-order valence-corrected chi connectivity index (χ4v) is 5.64. The van der Waals surface area contributed by atoms with E-state index in [1.807, 2.05) is 0 Å². The standard InChI is InChI=1S/C23H28N2O6S/c1-23(2)30-18-11-9-17(15-20(18)31-23)24-22(26)16-8-10-19(29-3)21(14-16)32(27,28)25-12-6-4-5-7-13-25/h8-11,14-15H,4-7,12-13H2,1-3H3,(H,24,26). The molecule has 2 aliphatic heterocycles. The highest BCUT2D eigenvalue weighted by Crippen LogP contribution is 2.40. The highest BCUT2D eigenvalue weighted by Gasteiger charge is 2.32. The van der Waals surface area contributed by atoms with Crippen molar-refractivity contribution in [3.05, 3.63) is 42.0 Å². The topological polar surface area (TPSA) is 94.2 Å². The molecule has 1 N–H and O–H groups in total. The summed E-state index contributed by atoms with van der Waals surface area (Å²) in [7, 11) is -2.36. The smallest absolute Gasteiger partial charge is 0.255 e. The molecule has 0 unspecified atom stereocenters. The number of methoxy groups -OCH3 is 1. The van der Waals surface area contributed by atoms with Crippen molar-refractivity contribution < 1.29 is 27.4 Å². The van der Waals surface area contributed by atoms with Crippen LogP contribution in [0.1, 0.15) is 49.9 Å². The average molecular weight is 461 g/mol. The van der Waals surface area contributed by atoms with E-state index in [1.54, 1.807) is 38.1 Å². The van der Waals surface area contributed by atoms with E-state index in [9.17, 15) is 13.2 Å². The van der Waals surface area contributed by atoms with Crippen LogP contribution in [-0.2, 0) is 10.0 Å². The summed E-state index contributed by atoms with van der Waals surface area (Å²) in [5.74, 6) is 0.154. The van der Waals surface area contributed by atoms with Crippen molar-refractivity contribution in [1.82, 2.24) is 4.31 Å². The Hall–Kier alpha value is -2.78. The number of rotatable bonds is 5. The number of benzene rings is 2. The van der Waals surface area contributed by atoms with Gasteiger partial charge in [-0.25, -0.2) is 8.42 Å². The van der Waals surface area contributed by atoms with Crippen LogP contribution in [0.4, 0.5) is 5.69 Å². The summed E-state index contributed by atoms with van der Waals surface area (Å²) in [4.78, 5) is 12.9. The third-order valence-corrected chi connectivity index (χ3v) is 7.44.